The number of aliphatic carboxylic acids is 1. The molecule has 21 nitrogen and oxygen atoms in total. The molecule has 3 aliphatic heterocycles. The molecule has 3 saturated heterocycles. The van der Waals surface area contributed by atoms with E-state index in [2.05, 4.69) is 23.8 Å². The number of fused-ring (bicyclic) bond motifs is 1. The number of aromatic amines is 1. The lowest BCUT2D eigenvalue weighted by Gasteiger charge is -2.19. The van der Waals surface area contributed by atoms with Crippen LogP contribution in [0.15, 0.2) is 21.9 Å². The van der Waals surface area contributed by atoms with Gasteiger partial charge in [0.15, 0.2) is 0 Å². The summed E-state index contributed by atoms with van der Waals surface area (Å²) in [5.41, 5.74) is -1.50. The number of carbonyl (C=O) groups excluding carboxylic acids is 1. The Balaban J connectivity index is 0.000000278. The number of carboxylic acid groups (broad SMARTS) is 1. The number of aliphatic hydroxyl groups excluding tert-OH is 1. The molecule has 0 aromatic carbocycles. The molecule has 4 heterocycles. The molecule has 8 atom stereocenters. The normalized spacial score (nSPS) is 29.0. The summed E-state index contributed by atoms with van der Waals surface area (Å²) < 4.78 is 51.0. The minimum absolute atomic E-state index is 0.0640. The van der Waals surface area contributed by atoms with Crippen molar-refractivity contribution >= 4 is 47.2 Å². The van der Waals surface area contributed by atoms with Crippen LogP contribution in [-0.4, -0.2) is 93.2 Å². The average molecular weight is 712 g/mol. The Bertz CT molecular complexity index is 1450. The van der Waals surface area contributed by atoms with Crippen molar-refractivity contribution in [3.63, 3.8) is 0 Å². The molecule has 4 rings (SSSR count). The maximum Gasteiger partial charge on any atom is 0.490 e. The predicted octanol–water partition coefficient (Wildman–Crippen LogP) is -0.675. The summed E-state index contributed by atoms with van der Waals surface area (Å²) in [7, 11) is -16.6. The lowest BCUT2D eigenvalue weighted by atomic mass is 10.0. The van der Waals surface area contributed by atoms with Crippen LogP contribution in [0.5, 0.6) is 0 Å². The first kappa shape index (κ1) is 36.6. The second kappa shape index (κ2) is 15.1. The van der Waals surface area contributed by atoms with Crippen LogP contribution in [-0.2, 0) is 36.4 Å². The Kier molecular flexibility index (Phi) is 12.6. The van der Waals surface area contributed by atoms with Crippen molar-refractivity contribution in [2.24, 2.45) is 0 Å². The summed E-state index contributed by atoms with van der Waals surface area (Å²) in [4.78, 5) is 81.4. The van der Waals surface area contributed by atoms with Crippen molar-refractivity contribution in [2.45, 2.75) is 67.9 Å². The SMILES string of the molecule is O=C(O)CCCC[C@@H]1SC[C@@H]2NC(=O)N[C@@H]21.O=c1ccn([C@H]2C[C@H](O)[C@@H](COP(=O)(O)OP(=O)(O)OP(=O)(O)O)O2)c(=O)[nH]1. The molecule has 3 fully saturated rings. The summed E-state index contributed by atoms with van der Waals surface area (Å²) in [5.74, 6) is 0.236. The number of hydrogen-bond donors (Lipinski definition) is 9. The Hall–Kier alpha value is -1.90. The number of ether oxygens (including phenoxy) is 1. The maximum atomic E-state index is 11.7. The Labute approximate surface area is 251 Å². The Morgan fingerprint density at radius 2 is 1.77 bits per heavy atom. The first-order valence-corrected chi connectivity index (χ1v) is 18.2. The van der Waals surface area contributed by atoms with Crippen LogP contribution < -0.4 is 21.9 Å². The number of rotatable bonds is 13. The van der Waals surface area contributed by atoms with Gasteiger partial charge in [-0.3, -0.25) is 23.7 Å². The molecule has 2 unspecified atom stereocenters. The molecule has 3 aliphatic rings. The molecule has 0 spiro atoms. The number of thioether (sulfide) groups is 1. The lowest BCUT2D eigenvalue weighted by Crippen LogP contribution is -2.36. The van der Waals surface area contributed by atoms with Crippen LogP contribution in [0.25, 0.3) is 0 Å². The van der Waals surface area contributed by atoms with E-state index in [9.17, 15) is 42.9 Å². The van der Waals surface area contributed by atoms with Gasteiger partial charge in [-0.05, 0) is 12.8 Å². The summed E-state index contributed by atoms with van der Waals surface area (Å²) in [6, 6.07) is 1.46. The number of nitrogens with one attached hydrogen (secondary N) is 3. The molecule has 44 heavy (non-hydrogen) atoms. The number of aromatic nitrogens is 2. The molecule has 25 heteroatoms. The van der Waals surface area contributed by atoms with Gasteiger partial charge in [0.1, 0.15) is 12.3 Å². The minimum Gasteiger partial charge on any atom is -0.481 e. The van der Waals surface area contributed by atoms with Gasteiger partial charge in [0.2, 0.25) is 0 Å². The lowest BCUT2D eigenvalue weighted by molar-refractivity contribution is -0.137. The fraction of sp³-hybridized carbons (Fsp3) is 0.684. The highest BCUT2D eigenvalue weighted by molar-refractivity contribution is 8.00. The molecular weight excluding hydrogens is 681 g/mol. The van der Waals surface area contributed by atoms with Gasteiger partial charge >= 0.3 is 41.2 Å². The molecule has 0 radical (unpaired) electrons. The van der Waals surface area contributed by atoms with Gasteiger partial charge in [-0.1, -0.05) is 6.42 Å². The van der Waals surface area contributed by atoms with E-state index in [0.717, 1.165) is 41.8 Å². The topological polar surface area (TPSA) is 323 Å². The fourth-order valence-corrected chi connectivity index (χ4v) is 9.00. The predicted molar refractivity (Wildman–Crippen MR) is 147 cm³/mol. The van der Waals surface area contributed by atoms with Gasteiger partial charge < -0.3 is 45.2 Å². The van der Waals surface area contributed by atoms with Crippen molar-refractivity contribution in [3.8, 4) is 0 Å². The van der Waals surface area contributed by atoms with E-state index in [4.69, 9.17) is 24.5 Å². The molecule has 2 amide bonds. The second-order valence-electron chi connectivity index (χ2n) is 9.60. The molecule has 1 aromatic rings. The third kappa shape index (κ3) is 11.5. The smallest absolute Gasteiger partial charge is 0.481 e. The van der Waals surface area contributed by atoms with Crippen molar-refractivity contribution in [1.29, 1.82) is 0 Å². The first-order valence-electron chi connectivity index (χ1n) is 12.7. The summed E-state index contributed by atoms with van der Waals surface area (Å²) in [6.45, 7) is -0.876. The number of carbonyl (C=O) groups is 2. The highest BCUT2D eigenvalue weighted by Gasteiger charge is 2.44. The molecule has 1 aromatic heterocycles. The van der Waals surface area contributed by atoms with E-state index >= 15 is 0 Å². The molecule has 0 saturated carbocycles. The number of hydrogen-bond acceptors (Lipinski definition) is 13. The van der Waals surface area contributed by atoms with Crippen molar-refractivity contribution in [1.82, 2.24) is 20.2 Å². The van der Waals surface area contributed by atoms with Gasteiger partial charge in [0, 0.05) is 36.1 Å². The third-order valence-corrected chi connectivity index (χ3v) is 11.6. The van der Waals surface area contributed by atoms with E-state index in [-0.39, 0.29) is 31.0 Å². The van der Waals surface area contributed by atoms with Crippen LogP contribution in [0.4, 0.5) is 4.79 Å². The number of phosphoric ester groups is 1. The standard InChI is InChI=1S/C10H16N2O3S.C9H15N2O14P3/c13-8(14)4-2-1-3-7-9-6(5-16-7)11-10(15)12-9;12-5-3-8(11-2-1-7(13)10-9(11)14)23-6(5)4-22-27(18,19)25-28(20,21)24-26(15,16)17/h6-7,9H,1-5H2,(H,13,14)(H2,11,12,15);1-2,5-6,8,12H,3-4H2,(H,18,19)(H,20,21)(H,10,13,14)(H2,15,16,17)/t6-,7-,9-;5-,6+,8+/m00/s1. The van der Waals surface area contributed by atoms with Crippen LogP contribution in [0, 0.1) is 0 Å². The quantitative estimate of drug-likeness (QED) is 0.0695. The van der Waals surface area contributed by atoms with Gasteiger partial charge in [-0.25, -0.2) is 23.3 Å². The number of aliphatic hydroxyl groups is 1. The van der Waals surface area contributed by atoms with Crippen molar-refractivity contribution < 1.29 is 71.0 Å². The second-order valence-corrected chi connectivity index (χ2v) is 15.3. The highest BCUT2D eigenvalue weighted by atomic mass is 32.2. The summed E-state index contributed by atoms with van der Waals surface area (Å²) in [6.07, 6.45) is 0.143. The zero-order valence-corrected chi connectivity index (χ0v) is 25.9. The van der Waals surface area contributed by atoms with Gasteiger partial charge in [0.25, 0.3) is 5.56 Å². The van der Waals surface area contributed by atoms with Crippen LogP contribution >= 0.6 is 35.2 Å². The van der Waals surface area contributed by atoms with Crippen LogP contribution in [0.2, 0.25) is 0 Å². The number of phosphoric acid groups is 3. The Morgan fingerprint density at radius 3 is 2.41 bits per heavy atom. The van der Waals surface area contributed by atoms with Crippen LogP contribution in [0.3, 0.4) is 0 Å². The zero-order chi connectivity index (χ0) is 32.9. The third-order valence-electron chi connectivity index (χ3n) is 6.25. The van der Waals surface area contributed by atoms with E-state index in [1.54, 1.807) is 0 Å². The largest absolute Gasteiger partial charge is 0.490 e. The highest BCUT2D eigenvalue weighted by Crippen LogP contribution is 2.66. The molecule has 0 bridgehead atoms. The molecule has 0 aliphatic carbocycles. The Morgan fingerprint density at radius 1 is 1.07 bits per heavy atom. The zero-order valence-electron chi connectivity index (χ0n) is 22.4. The first-order chi connectivity index (χ1) is 20.3. The van der Waals surface area contributed by atoms with Crippen molar-refractivity contribution in [2.75, 3.05) is 12.4 Å². The van der Waals surface area contributed by atoms with E-state index in [1.165, 1.54) is 0 Å². The monoisotopic (exact) mass is 712 g/mol. The van der Waals surface area contributed by atoms with Gasteiger partial charge in [-0.2, -0.15) is 20.4 Å². The fourth-order valence-electron chi connectivity index (χ4n) is 4.43. The van der Waals surface area contributed by atoms with Gasteiger partial charge in [0.05, 0.1) is 24.8 Å². The number of urea groups is 1. The number of carboxylic acids is 1. The molecule has 250 valence electrons. The molecule has 9 N–H and O–H groups in total. The molecular formula is C19H31N4O17P3S. The van der Waals surface area contributed by atoms with Crippen molar-refractivity contribution in [3.05, 3.63) is 33.1 Å². The van der Waals surface area contributed by atoms with Crippen LogP contribution in [0.1, 0.15) is 38.3 Å². The number of amides is 2. The minimum atomic E-state index is -5.67. The summed E-state index contributed by atoms with van der Waals surface area (Å²) >= 11 is 1.87. The van der Waals surface area contributed by atoms with Gasteiger partial charge in [-0.15, -0.1) is 0 Å². The number of nitrogens with zero attached hydrogens (tertiary/aromatic N) is 1. The number of H-pyrrole nitrogens is 1. The van der Waals surface area contributed by atoms with E-state index in [0.29, 0.717) is 5.25 Å². The van der Waals surface area contributed by atoms with E-state index < -0.39 is 65.7 Å². The maximum absolute atomic E-state index is 11.7. The summed E-state index contributed by atoms with van der Waals surface area (Å²) in [5, 5.41) is 24.7. The van der Waals surface area contributed by atoms with E-state index in [1.807, 2.05) is 16.7 Å². The average Bonchev–Trinajstić information content (AvgIpc) is 3.52. The number of unbranched alkanes of at least 4 members (excludes halogenated alkanes) is 1.